The quantitative estimate of drug-likeness (QED) is 0.683. The molecule has 0 rings (SSSR count). The molecule has 1 unspecified atom stereocenters. The van der Waals surface area contributed by atoms with E-state index in [9.17, 15) is 26.7 Å². The fourth-order valence-electron chi connectivity index (χ4n) is 0.405. The maximum absolute atomic E-state index is 12.3. The molecule has 1 N–H and O–H groups in total. The number of halogens is 5. The Hall–Kier alpha value is -0.880. The third-order valence-corrected chi connectivity index (χ3v) is 1.37. The Kier molecular flexibility index (Phi) is 3.23. The molecule has 0 aromatic rings. The van der Waals surface area contributed by atoms with Crippen LogP contribution in [0.15, 0.2) is 0 Å². The predicted octanol–water partition coefficient (Wildman–Crippen LogP) is 1.71. The Morgan fingerprint density at radius 3 is 1.85 bits per heavy atom. The lowest BCUT2D eigenvalue weighted by molar-refractivity contribution is -0.176. The summed E-state index contributed by atoms with van der Waals surface area (Å²) >= 11 is 0. The minimum absolute atomic E-state index is 0.425. The number of alkyl halides is 5. The molecule has 0 aliphatic rings. The molecular formula is C6H8F5NO. The van der Waals surface area contributed by atoms with E-state index in [2.05, 4.69) is 0 Å². The molecule has 78 valence electrons. The topological polar surface area (TPSA) is 29.1 Å². The van der Waals surface area contributed by atoms with Crippen LogP contribution in [0, 0.1) is 0 Å². The zero-order valence-corrected chi connectivity index (χ0v) is 6.88. The van der Waals surface area contributed by atoms with Crippen molar-refractivity contribution in [2.45, 2.75) is 32.0 Å². The van der Waals surface area contributed by atoms with Gasteiger partial charge in [-0.2, -0.15) is 13.2 Å². The van der Waals surface area contributed by atoms with Crippen LogP contribution in [0.4, 0.5) is 22.0 Å². The summed E-state index contributed by atoms with van der Waals surface area (Å²) in [6.07, 6.45) is -5.13. The lowest BCUT2D eigenvalue weighted by Gasteiger charge is -2.20. The van der Waals surface area contributed by atoms with E-state index >= 15 is 0 Å². The summed E-state index contributed by atoms with van der Waals surface area (Å²) in [7, 11) is 0. The second-order valence-corrected chi connectivity index (χ2v) is 2.65. The summed E-state index contributed by atoms with van der Waals surface area (Å²) in [6.45, 7) is 1.22. The van der Waals surface area contributed by atoms with E-state index in [1.165, 1.54) is 0 Å². The molecule has 0 bridgehead atoms. The number of amides is 1. The predicted molar refractivity (Wildman–Crippen MR) is 34.3 cm³/mol. The van der Waals surface area contributed by atoms with Crippen LogP contribution in [-0.4, -0.2) is 24.0 Å². The van der Waals surface area contributed by atoms with Gasteiger partial charge >= 0.3 is 12.1 Å². The monoisotopic (exact) mass is 205 g/mol. The van der Waals surface area contributed by atoms with E-state index < -0.39 is 24.0 Å². The van der Waals surface area contributed by atoms with Crippen molar-refractivity contribution < 1.29 is 26.7 Å². The van der Waals surface area contributed by atoms with Gasteiger partial charge in [0.25, 0.3) is 5.92 Å². The number of hydrogen-bond acceptors (Lipinski definition) is 1. The van der Waals surface area contributed by atoms with E-state index in [0.717, 1.165) is 12.2 Å². The maximum Gasteiger partial charge on any atom is 0.471 e. The van der Waals surface area contributed by atoms with Crippen LogP contribution in [0.5, 0.6) is 0 Å². The van der Waals surface area contributed by atoms with Crippen molar-refractivity contribution in [2.75, 3.05) is 0 Å². The average Bonchev–Trinajstić information content (AvgIpc) is 1.82. The van der Waals surface area contributed by atoms with Gasteiger partial charge in [-0.15, -0.1) is 0 Å². The lowest BCUT2D eigenvalue weighted by Crippen LogP contribution is -2.48. The zero-order chi connectivity index (χ0) is 10.9. The Labute approximate surface area is 71.1 Å². The Morgan fingerprint density at radius 2 is 1.62 bits per heavy atom. The Bertz CT molecular complexity index is 194. The van der Waals surface area contributed by atoms with Gasteiger partial charge < -0.3 is 5.32 Å². The number of nitrogens with one attached hydrogen (secondary N) is 1. The van der Waals surface area contributed by atoms with Crippen molar-refractivity contribution in [3.05, 3.63) is 0 Å². The molecule has 0 aromatic carbocycles. The van der Waals surface area contributed by atoms with Crippen molar-refractivity contribution in [2.24, 2.45) is 0 Å². The van der Waals surface area contributed by atoms with Crippen LogP contribution in [0.1, 0.15) is 13.8 Å². The molecule has 13 heavy (non-hydrogen) atoms. The van der Waals surface area contributed by atoms with Gasteiger partial charge in [-0.3, -0.25) is 4.79 Å². The Balaban J connectivity index is 4.24. The Morgan fingerprint density at radius 1 is 1.23 bits per heavy atom. The first kappa shape index (κ1) is 12.1. The van der Waals surface area contributed by atoms with Crippen LogP contribution in [0.3, 0.4) is 0 Å². The van der Waals surface area contributed by atoms with Crippen LogP contribution < -0.4 is 5.32 Å². The van der Waals surface area contributed by atoms with Crippen molar-refractivity contribution in [3.63, 3.8) is 0 Å². The minimum Gasteiger partial charge on any atom is -0.340 e. The third-order valence-electron chi connectivity index (χ3n) is 1.37. The molecule has 0 fully saturated rings. The smallest absolute Gasteiger partial charge is 0.340 e. The summed E-state index contributed by atoms with van der Waals surface area (Å²) in [5.41, 5.74) is 0. The first-order chi connectivity index (χ1) is 5.55. The fraction of sp³-hybridized carbons (Fsp3) is 0.833. The summed E-state index contributed by atoms with van der Waals surface area (Å²) in [5, 5.41) is 1.15. The molecule has 0 aliphatic carbocycles. The molecule has 7 heteroatoms. The van der Waals surface area contributed by atoms with Crippen LogP contribution in [0.25, 0.3) is 0 Å². The van der Waals surface area contributed by atoms with Crippen molar-refractivity contribution >= 4 is 5.91 Å². The number of rotatable bonds is 2. The van der Waals surface area contributed by atoms with Crippen LogP contribution in [-0.2, 0) is 4.79 Å². The standard InChI is InChI=1S/C6H8F5NO/c1-3(5(2,7)8)12-4(13)6(9,10)11/h3H,1-2H3,(H,12,13). The van der Waals surface area contributed by atoms with E-state index in [0.29, 0.717) is 6.92 Å². The zero-order valence-electron chi connectivity index (χ0n) is 6.88. The van der Waals surface area contributed by atoms with Gasteiger partial charge in [0, 0.05) is 6.92 Å². The van der Waals surface area contributed by atoms with Gasteiger partial charge in [0.1, 0.15) is 0 Å². The van der Waals surface area contributed by atoms with E-state index in [4.69, 9.17) is 0 Å². The van der Waals surface area contributed by atoms with E-state index in [1.54, 1.807) is 0 Å². The first-order valence-electron chi connectivity index (χ1n) is 3.30. The van der Waals surface area contributed by atoms with Gasteiger partial charge in [-0.1, -0.05) is 0 Å². The van der Waals surface area contributed by atoms with Crippen molar-refractivity contribution in [1.82, 2.24) is 5.32 Å². The van der Waals surface area contributed by atoms with Gasteiger partial charge in [-0.25, -0.2) is 8.78 Å². The largest absolute Gasteiger partial charge is 0.471 e. The SMILES string of the molecule is CC(NC(=O)C(F)(F)F)C(C)(F)F. The number of hydrogen-bond donors (Lipinski definition) is 1. The summed E-state index contributed by atoms with van der Waals surface area (Å²) in [6, 6.07) is -1.85. The minimum atomic E-state index is -5.13. The first-order valence-corrected chi connectivity index (χ1v) is 3.30. The number of carbonyl (C=O) groups excluding carboxylic acids is 1. The highest BCUT2D eigenvalue weighted by atomic mass is 19.4. The molecule has 2 nitrogen and oxygen atoms in total. The van der Waals surface area contributed by atoms with Gasteiger partial charge in [0.2, 0.25) is 0 Å². The summed E-state index contributed by atoms with van der Waals surface area (Å²) < 4.78 is 59.2. The molecular weight excluding hydrogens is 197 g/mol. The fourth-order valence-corrected chi connectivity index (χ4v) is 0.405. The second kappa shape index (κ2) is 3.47. The third kappa shape index (κ3) is 4.05. The maximum atomic E-state index is 12.3. The molecule has 0 heterocycles. The van der Waals surface area contributed by atoms with Crippen LogP contribution in [0.2, 0.25) is 0 Å². The molecule has 0 aliphatic heterocycles. The molecule has 0 saturated heterocycles. The molecule has 0 radical (unpaired) electrons. The summed E-state index contributed by atoms with van der Waals surface area (Å²) in [4.78, 5) is 10.2. The van der Waals surface area contributed by atoms with Crippen molar-refractivity contribution in [3.8, 4) is 0 Å². The highest BCUT2D eigenvalue weighted by Gasteiger charge is 2.42. The normalized spacial score (nSPS) is 15.3. The van der Waals surface area contributed by atoms with Gasteiger partial charge in [0.15, 0.2) is 0 Å². The molecule has 1 atom stereocenters. The van der Waals surface area contributed by atoms with Gasteiger partial charge in [-0.05, 0) is 6.92 Å². The number of carbonyl (C=O) groups is 1. The highest BCUT2D eigenvalue weighted by Crippen LogP contribution is 2.19. The molecule has 1 amide bonds. The molecule has 0 aromatic heterocycles. The van der Waals surface area contributed by atoms with Crippen LogP contribution >= 0.6 is 0 Å². The average molecular weight is 205 g/mol. The molecule has 0 saturated carbocycles. The summed E-state index contributed by atoms with van der Waals surface area (Å²) in [5.74, 6) is -5.73. The second-order valence-electron chi connectivity index (χ2n) is 2.65. The van der Waals surface area contributed by atoms with Gasteiger partial charge in [0.05, 0.1) is 6.04 Å². The molecule has 0 spiro atoms. The van der Waals surface area contributed by atoms with E-state index in [1.807, 2.05) is 0 Å². The lowest BCUT2D eigenvalue weighted by atomic mass is 10.2. The van der Waals surface area contributed by atoms with E-state index in [-0.39, 0.29) is 0 Å². The highest BCUT2D eigenvalue weighted by molar-refractivity contribution is 5.81. The van der Waals surface area contributed by atoms with Crippen molar-refractivity contribution in [1.29, 1.82) is 0 Å².